The largest absolute Gasteiger partial charge is 0.394 e. The van der Waals surface area contributed by atoms with Crippen LogP contribution in [0, 0.1) is 0 Å². The lowest BCUT2D eigenvalue weighted by Gasteiger charge is -2.15. The molecule has 1 unspecified atom stereocenters. The number of fused-ring (bicyclic) bond motifs is 1. The van der Waals surface area contributed by atoms with Gasteiger partial charge in [-0.3, -0.25) is 0 Å². The number of benzene rings is 1. The molecular weight excluding hydrogens is 212 g/mol. The van der Waals surface area contributed by atoms with Crippen molar-refractivity contribution in [2.45, 2.75) is 12.5 Å². The van der Waals surface area contributed by atoms with Crippen LogP contribution < -0.4 is 5.32 Å². The lowest BCUT2D eigenvalue weighted by molar-refractivity contribution is 0.275. The van der Waals surface area contributed by atoms with E-state index in [1.807, 2.05) is 36.4 Å². The molecule has 0 saturated carbocycles. The molecule has 0 aliphatic carbocycles. The highest BCUT2D eigenvalue weighted by Crippen LogP contribution is 2.15. The van der Waals surface area contributed by atoms with Gasteiger partial charge < -0.3 is 10.4 Å². The minimum absolute atomic E-state index is 0.0267. The van der Waals surface area contributed by atoms with Crippen molar-refractivity contribution in [1.29, 1.82) is 0 Å². The molecule has 0 radical (unpaired) electrons. The Morgan fingerprint density at radius 1 is 1.29 bits per heavy atom. The molecule has 88 valence electrons. The molecule has 0 saturated heterocycles. The number of hydrogen-bond acceptors (Lipinski definition) is 3. The molecule has 0 amide bonds. The van der Waals surface area contributed by atoms with Gasteiger partial charge in [0, 0.05) is 5.39 Å². The number of nitrogens with one attached hydrogen (secondary N) is 1. The molecular formula is C14H16N2O. The van der Waals surface area contributed by atoms with Crippen LogP contribution >= 0.6 is 0 Å². The third-order valence-electron chi connectivity index (χ3n) is 2.62. The lowest BCUT2D eigenvalue weighted by atomic mass is 10.2. The molecule has 1 heterocycles. The van der Waals surface area contributed by atoms with Crippen molar-refractivity contribution in [3.05, 3.63) is 49.1 Å². The summed E-state index contributed by atoms with van der Waals surface area (Å²) in [5.41, 5.74) is 0.952. The zero-order chi connectivity index (χ0) is 12.1. The minimum atomic E-state index is -0.0267. The quantitative estimate of drug-likeness (QED) is 0.773. The first kappa shape index (κ1) is 11.6. The second-order valence-electron chi connectivity index (χ2n) is 3.94. The van der Waals surface area contributed by atoms with Crippen LogP contribution in [0.2, 0.25) is 0 Å². The monoisotopic (exact) mass is 228 g/mol. The minimum Gasteiger partial charge on any atom is -0.394 e. The van der Waals surface area contributed by atoms with Gasteiger partial charge in [0.15, 0.2) is 0 Å². The summed E-state index contributed by atoms with van der Waals surface area (Å²) in [6, 6.07) is 11.9. The third kappa shape index (κ3) is 2.82. The maximum absolute atomic E-state index is 9.19. The summed E-state index contributed by atoms with van der Waals surface area (Å²) in [6.07, 6.45) is 2.50. The van der Waals surface area contributed by atoms with Crippen molar-refractivity contribution < 1.29 is 5.11 Å². The Kier molecular flexibility index (Phi) is 3.73. The van der Waals surface area contributed by atoms with E-state index in [1.165, 1.54) is 0 Å². The molecule has 3 heteroatoms. The molecule has 2 rings (SSSR count). The maximum atomic E-state index is 9.19. The average molecular weight is 228 g/mol. The summed E-state index contributed by atoms with van der Waals surface area (Å²) in [5, 5.41) is 13.5. The number of aromatic nitrogens is 1. The number of rotatable bonds is 5. The summed E-state index contributed by atoms with van der Waals surface area (Å²) in [4.78, 5) is 4.49. The van der Waals surface area contributed by atoms with E-state index in [0.29, 0.717) is 6.42 Å². The van der Waals surface area contributed by atoms with E-state index in [-0.39, 0.29) is 12.6 Å². The van der Waals surface area contributed by atoms with Crippen LogP contribution in [-0.4, -0.2) is 22.7 Å². The number of para-hydroxylation sites is 1. The van der Waals surface area contributed by atoms with Crippen LogP contribution in [0.4, 0.5) is 5.82 Å². The van der Waals surface area contributed by atoms with Gasteiger partial charge in [0.1, 0.15) is 5.82 Å². The summed E-state index contributed by atoms with van der Waals surface area (Å²) in [5.74, 6) is 0.782. The molecule has 2 N–H and O–H groups in total. The zero-order valence-corrected chi connectivity index (χ0v) is 9.63. The highest BCUT2D eigenvalue weighted by atomic mass is 16.3. The van der Waals surface area contributed by atoms with Gasteiger partial charge in [-0.2, -0.15) is 0 Å². The highest BCUT2D eigenvalue weighted by Gasteiger charge is 2.05. The Morgan fingerprint density at radius 3 is 2.88 bits per heavy atom. The zero-order valence-electron chi connectivity index (χ0n) is 9.63. The van der Waals surface area contributed by atoms with E-state index in [2.05, 4.69) is 16.9 Å². The second-order valence-corrected chi connectivity index (χ2v) is 3.94. The van der Waals surface area contributed by atoms with Crippen LogP contribution in [0.25, 0.3) is 10.9 Å². The van der Waals surface area contributed by atoms with Crippen molar-refractivity contribution in [3.8, 4) is 0 Å². The molecule has 17 heavy (non-hydrogen) atoms. The Morgan fingerprint density at radius 2 is 2.12 bits per heavy atom. The SMILES string of the molecule is C=CCC(CO)Nc1ccc2ccccc2n1. The topological polar surface area (TPSA) is 45.1 Å². The Balaban J connectivity index is 2.21. The molecule has 1 aromatic heterocycles. The molecule has 1 atom stereocenters. The molecule has 1 aromatic carbocycles. The molecule has 0 bridgehead atoms. The summed E-state index contributed by atoms with van der Waals surface area (Å²) in [6.45, 7) is 3.74. The van der Waals surface area contributed by atoms with E-state index < -0.39 is 0 Å². The second kappa shape index (κ2) is 5.46. The smallest absolute Gasteiger partial charge is 0.126 e. The predicted octanol–water partition coefficient (Wildman–Crippen LogP) is 2.58. The first-order valence-corrected chi connectivity index (χ1v) is 5.67. The van der Waals surface area contributed by atoms with E-state index in [0.717, 1.165) is 16.7 Å². The normalized spacial score (nSPS) is 12.3. The standard InChI is InChI=1S/C14H16N2O/c1-2-5-12(10-17)15-14-9-8-11-6-3-4-7-13(11)16-14/h2-4,6-9,12,17H,1,5,10H2,(H,15,16). The van der Waals surface area contributed by atoms with Gasteiger partial charge >= 0.3 is 0 Å². The van der Waals surface area contributed by atoms with E-state index in [4.69, 9.17) is 0 Å². The van der Waals surface area contributed by atoms with Crippen LogP contribution in [-0.2, 0) is 0 Å². The van der Waals surface area contributed by atoms with E-state index in [1.54, 1.807) is 6.08 Å². The van der Waals surface area contributed by atoms with Crippen molar-refractivity contribution in [2.24, 2.45) is 0 Å². The molecule has 0 aliphatic rings. The van der Waals surface area contributed by atoms with Gasteiger partial charge in [-0.15, -0.1) is 6.58 Å². The van der Waals surface area contributed by atoms with Crippen LogP contribution in [0.15, 0.2) is 49.1 Å². The van der Waals surface area contributed by atoms with Gasteiger partial charge in [-0.1, -0.05) is 24.3 Å². The number of anilines is 1. The van der Waals surface area contributed by atoms with Crippen molar-refractivity contribution in [2.75, 3.05) is 11.9 Å². The summed E-state index contributed by atoms with van der Waals surface area (Å²) in [7, 11) is 0. The maximum Gasteiger partial charge on any atom is 0.126 e. The molecule has 3 nitrogen and oxygen atoms in total. The highest BCUT2D eigenvalue weighted by molar-refractivity contribution is 5.80. The molecule has 2 aromatic rings. The Labute approximate surface area is 101 Å². The number of aliphatic hydroxyl groups excluding tert-OH is 1. The third-order valence-corrected chi connectivity index (χ3v) is 2.62. The van der Waals surface area contributed by atoms with Gasteiger partial charge in [0.2, 0.25) is 0 Å². The lowest BCUT2D eigenvalue weighted by Crippen LogP contribution is -2.23. The predicted molar refractivity (Wildman–Crippen MR) is 71.1 cm³/mol. The van der Waals surface area contributed by atoms with Crippen molar-refractivity contribution in [1.82, 2.24) is 4.98 Å². The summed E-state index contributed by atoms with van der Waals surface area (Å²) < 4.78 is 0. The van der Waals surface area contributed by atoms with Crippen molar-refractivity contribution >= 4 is 16.7 Å². The fourth-order valence-corrected chi connectivity index (χ4v) is 1.74. The van der Waals surface area contributed by atoms with E-state index in [9.17, 15) is 5.11 Å². The Hall–Kier alpha value is -1.87. The van der Waals surface area contributed by atoms with Crippen LogP contribution in [0.5, 0.6) is 0 Å². The summed E-state index contributed by atoms with van der Waals surface area (Å²) >= 11 is 0. The van der Waals surface area contributed by atoms with Crippen molar-refractivity contribution in [3.63, 3.8) is 0 Å². The fourth-order valence-electron chi connectivity index (χ4n) is 1.74. The van der Waals surface area contributed by atoms with Crippen LogP contribution in [0.3, 0.4) is 0 Å². The number of pyridine rings is 1. The molecule has 0 aliphatic heterocycles. The van der Waals surface area contributed by atoms with E-state index >= 15 is 0 Å². The van der Waals surface area contributed by atoms with Gasteiger partial charge in [-0.25, -0.2) is 4.98 Å². The Bertz CT molecular complexity index is 510. The number of nitrogens with zero attached hydrogens (tertiary/aromatic N) is 1. The first-order valence-electron chi connectivity index (χ1n) is 5.67. The van der Waals surface area contributed by atoms with Gasteiger partial charge in [0.05, 0.1) is 18.2 Å². The van der Waals surface area contributed by atoms with Gasteiger partial charge in [-0.05, 0) is 24.6 Å². The number of hydrogen-bond donors (Lipinski definition) is 2. The van der Waals surface area contributed by atoms with Gasteiger partial charge in [0.25, 0.3) is 0 Å². The molecule has 0 spiro atoms. The average Bonchev–Trinajstić information content (AvgIpc) is 2.38. The fraction of sp³-hybridized carbons (Fsp3) is 0.214. The molecule has 0 fully saturated rings. The first-order chi connectivity index (χ1) is 8.33. The van der Waals surface area contributed by atoms with Crippen LogP contribution in [0.1, 0.15) is 6.42 Å². The number of aliphatic hydroxyl groups is 1.